The standard InChI is InChI=1S/C9H6FN3O/c1-13-7-3-2-5(10)4-6(7)8(12-11)9(13)14/h2-4H,1H3. The first-order chi connectivity index (χ1) is 6.65. The molecular formula is C9H6FN3O. The molecule has 14 heavy (non-hydrogen) atoms. The third kappa shape index (κ3) is 0.941. The van der Waals surface area contributed by atoms with E-state index in [-0.39, 0.29) is 5.69 Å². The Balaban J connectivity index is 2.98. The summed E-state index contributed by atoms with van der Waals surface area (Å²) in [4.78, 5) is 2.86. The number of fused-ring (bicyclic) bond motifs is 1. The van der Waals surface area contributed by atoms with E-state index in [2.05, 4.69) is 4.98 Å². The van der Waals surface area contributed by atoms with Crippen molar-refractivity contribution in [1.82, 2.24) is 4.57 Å². The van der Waals surface area contributed by atoms with E-state index in [1.54, 1.807) is 0 Å². The Labute approximate surface area is 78.8 Å². The molecule has 1 aromatic heterocycles. The molecular weight excluding hydrogens is 185 g/mol. The van der Waals surface area contributed by atoms with Crippen LogP contribution in [-0.4, -0.2) is 4.57 Å². The van der Waals surface area contributed by atoms with Crippen molar-refractivity contribution in [3.05, 3.63) is 29.0 Å². The van der Waals surface area contributed by atoms with E-state index in [4.69, 9.17) is 5.39 Å². The number of nitrogens with zero attached hydrogens (tertiary/aromatic N) is 3. The minimum Gasteiger partial charge on any atom is -0.854 e. The predicted octanol–water partition coefficient (Wildman–Crippen LogP) is 1.88. The molecule has 0 spiro atoms. The highest BCUT2D eigenvalue weighted by molar-refractivity contribution is 5.96. The van der Waals surface area contributed by atoms with Gasteiger partial charge < -0.3 is 9.67 Å². The number of benzene rings is 1. The lowest BCUT2D eigenvalue weighted by molar-refractivity contribution is -0.276. The van der Waals surface area contributed by atoms with Crippen molar-refractivity contribution < 1.29 is 9.50 Å². The van der Waals surface area contributed by atoms with Crippen LogP contribution in [0.25, 0.3) is 15.9 Å². The van der Waals surface area contributed by atoms with Crippen LogP contribution < -0.4 is 5.11 Å². The van der Waals surface area contributed by atoms with E-state index in [0.29, 0.717) is 10.9 Å². The van der Waals surface area contributed by atoms with Gasteiger partial charge in [-0.3, -0.25) is 0 Å². The minimum atomic E-state index is -0.465. The molecule has 1 aromatic carbocycles. The smallest absolute Gasteiger partial charge is 0.402 e. The van der Waals surface area contributed by atoms with Crippen LogP contribution in [-0.2, 0) is 7.05 Å². The van der Waals surface area contributed by atoms with Gasteiger partial charge in [-0.05, 0) is 18.2 Å². The molecule has 70 valence electrons. The third-order valence-electron chi connectivity index (χ3n) is 2.18. The summed E-state index contributed by atoms with van der Waals surface area (Å²) in [6.45, 7) is 0. The maximum atomic E-state index is 12.9. The summed E-state index contributed by atoms with van der Waals surface area (Å²) in [7, 11) is 1.54. The molecule has 2 rings (SSSR count). The van der Waals surface area contributed by atoms with Gasteiger partial charge in [0.25, 0.3) is 0 Å². The summed E-state index contributed by atoms with van der Waals surface area (Å²) in [6, 6.07) is 3.90. The van der Waals surface area contributed by atoms with Gasteiger partial charge in [0.2, 0.25) is 5.39 Å². The second-order valence-electron chi connectivity index (χ2n) is 2.97. The zero-order valence-electron chi connectivity index (χ0n) is 7.36. The average Bonchev–Trinajstić information content (AvgIpc) is 2.39. The van der Waals surface area contributed by atoms with Crippen molar-refractivity contribution in [1.29, 1.82) is 5.39 Å². The Morgan fingerprint density at radius 3 is 2.86 bits per heavy atom. The molecule has 0 aliphatic heterocycles. The maximum absolute atomic E-state index is 12.9. The topological polar surface area (TPSA) is 56.1 Å². The highest BCUT2D eigenvalue weighted by Crippen LogP contribution is 2.35. The van der Waals surface area contributed by atoms with E-state index < -0.39 is 11.7 Å². The van der Waals surface area contributed by atoms with Crippen molar-refractivity contribution in [2.45, 2.75) is 0 Å². The number of diazo groups is 1. The molecule has 4 nitrogen and oxygen atoms in total. The van der Waals surface area contributed by atoms with Crippen molar-refractivity contribution in [3.63, 3.8) is 0 Å². The van der Waals surface area contributed by atoms with Crippen LogP contribution >= 0.6 is 0 Å². The Hall–Kier alpha value is -2.09. The Bertz CT molecular complexity index is 553. The summed E-state index contributed by atoms with van der Waals surface area (Å²) in [5, 5.41) is 20.3. The van der Waals surface area contributed by atoms with Crippen LogP contribution in [0.4, 0.5) is 10.1 Å². The van der Waals surface area contributed by atoms with E-state index in [1.165, 1.54) is 29.8 Å². The van der Waals surface area contributed by atoms with E-state index >= 15 is 0 Å². The molecule has 0 N–H and O–H groups in total. The lowest BCUT2D eigenvalue weighted by atomic mass is 10.2. The summed E-state index contributed by atoms with van der Waals surface area (Å²) in [5.41, 5.74) is 0.422. The van der Waals surface area contributed by atoms with Gasteiger partial charge >= 0.3 is 5.69 Å². The lowest BCUT2D eigenvalue weighted by Crippen LogP contribution is -1.97. The SMILES string of the molecule is Cn1c([O-])c([N+]#N)c2cc(F)ccc21. The summed E-state index contributed by atoms with van der Waals surface area (Å²) < 4.78 is 14.2. The molecule has 0 radical (unpaired) electrons. The summed E-state index contributed by atoms with van der Waals surface area (Å²) in [6.07, 6.45) is 0. The van der Waals surface area contributed by atoms with Gasteiger partial charge in [0.15, 0.2) is 4.98 Å². The number of halogens is 1. The zero-order valence-corrected chi connectivity index (χ0v) is 7.36. The second kappa shape index (κ2) is 2.70. The first-order valence-corrected chi connectivity index (χ1v) is 3.95. The highest BCUT2D eigenvalue weighted by atomic mass is 19.1. The molecule has 1 heterocycles. The highest BCUT2D eigenvalue weighted by Gasteiger charge is 2.19. The fourth-order valence-corrected chi connectivity index (χ4v) is 1.47. The van der Waals surface area contributed by atoms with Gasteiger partial charge in [-0.15, -0.1) is 0 Å². The molecule has 0 fully saturated rings. The third-order valence-corrected chi connectivity index (χ3v) is 2.18. The Morgan fingerprint density at radius 2 is 2.21 bits per heavy atom. The lowest BCUT2D eigenvalue weighted by Gasteiger charge is -2.02. The van der Waals surface area contributed by atoms with Crippen molar-refractivity contribution in [2.24, 2.45) is 7.05 Å². The quantitative estimate of drug-likeness (QED) is 0.597. The summed E-state index contributed by atoms with van der Waals surface area (Å²) in [5.74, 6) is -0.902. The number of hydrogen-bond acceptors (Lipinski definition) is 2. The Kier molecular flexibility index (Phi) is 1.64. The van der Waals surface area contributed by atoms with Crippen LogP contribution in [0.3, 0.4) is 0 Å². The fourth-order valence-electron chi connectivity index (χ4n) is 1.47. The van der Waals surface area contributed by atoms with Crippen LogP contribution in [0, 0.1) is 11.2 Å². The van der Waals surface area contributed by atoms with Crippen LogP contribution in [0.1, 0.15) is 0 Å². The van der Waals surface area contributed by atoms with Crippen LogP contribution in [0.5, 0.6) is 5.88 Å². The molecule has 0 saturated carbocycles. The molecule has 2 aromatic rings. The molecule has 0 atom stereocenters. The molecule has 0 amide bonds. The van der Waals surface area contributed by atoms with Gasteiger partial charge in [0.05, 0.1) is 16.8 Å². The number of hydrogen-bond donors (Lipinski definition) is 0. The van der Waals surface area contributed by atoms with Crippen molar-refractivity contribution in [3.8, 4) is 5.88 Å². The van der Waals surface area contributed by atoms with Crippen LogP contribution in [0.2, 0.25) is 0 Å². The number of aromatic nitrogens is 1. The van der Waals surface area contributed by atoms with E-state index in [9.17, 15) is 9.50 Å². The Morgan fingerprint density at radius 1 is 1.50 bits per heavy atom. The maximum Gasteiger partial charge on any atom is 0.402 e. The molecule has 0 aliphatic carbocycles. The predicted molar refractivity (Wildman–Crippen MR) is 47.1 cm³/mol. The summed E-state index contributed by atoms with van der Waals surface area (Å²) >= 11 is 0. The average molecular weight is 191 g/mol. The van der Waals surface area contributed by atoms with Gasteiger partial charge in [-0.25, -0.2) is 4.39 Å². The first-order valence-electron chi connectivity index (χ1n) is 3.95. The number of aryl methyl sites for hydroxylation is 1. The molecule has 0 bridgehead atoms. The molecule has 0 unspecified atom stereocenters. The van der Waals surface area contributed by atoms with Crippen molar-refractivity contribution in [2.75, 3.05) is 0 Å². The second-order valence-corrected chi connectivity index (χ2v) is 2.97. The minimum absolute atomic E-state index is 0.123. The zero-order chi connectivity index (χ0) is 10.3. The fraction of sp³-hybridized carbons (Fsp3) is 0.111. The van der Waals surface area contributed by atoms with Gasteiger partial charge in [0, 0.05) is 7.05 Å². The van der Waals surface area contributed by atoms with E-state index in [0.717, 1.165) is 0 Å². The largest absolute Gasteiger partial charge is 0.854 e. The normalized spacial score (nSPS) is 10.4. The monoisotopic (exact) mass is 191 g/mol. The first kappa shape index (κ1) is 8.51. The molecule has 0 saturated heterocycles. The number of rotatable bonds is 0. The van der Waals surface area contributed by atoms with Gasteiger partial charge in [0.1, 0.15) is 5.82 Å². The van der Waals surface area contributed by atoms with Gasteiger partial charge in [-0.2, -0.15) is 0 Å². The molecule has 0 aliphatic rings. The van der Waals surface area contributed by atoms with E-state index in [1.807, 2.05) is 0 Å². The van der Waals surface area contributed by atoms with Crippen LogP contribution in [0.15, 0.2) is 18.2 Å². The van der Waals surface area contributed by atoms with Gasteiger partial charge in [-0.1, -0.05) is 0 Å². The van der Waals surface area contributed by atoms with Crippen molar-refractivity contribution >= 4 is 16.6 Å². The molecule has 5 heteroatoms.